The van der Waals surface area contributed by atoms with Gasteiger partial charge in [-0.05, 0) is 18.4 Å². The van der Waals surface area contributed by atoms with Gasteiger partial charge >= 0.3 is 5.69 Å². The van der Waals surface area contributed by atoms with E-state index in [9.17, 15) is 9.18 Å². The predicted octanol–water partition coefficient (Wildman–Crippen LogP) is 4.92. The van der Waals surface area contributed by atoms with E-state index >= 15 is 0 Å². The van der Waals surface area contributed by atoms with Gasteiger partial charge in [0.05, 0.1) is 17.7 Å². The molecule has 0 unspecified atom stereocenters. The first-order valence-electron chi connectivity index (χ1n) is 8.91. The Hall–Kier alpha value is -2.25. The van der Waals surface area contributed by atoms with Crippen LogP contribution in [0.2, 0.25) is 10.3 Å². The first kappa shape index (κ1) is 20.5. The summed E-state index contributed by atoms with van der Waals surface area (Å²) >= 11 is 12.0. The average molecular weight is 425 g/mol. The van der Waals surface area contributed by atoms with Crippen LogP contribution in [-0.2, 0) is 0 Å². The SMILES string of the molecule is CCCCOc1ccnc(C(C)C)c1-n1c(=O)nc(Cl)c2cc(F)c(Cl)nc21. The molecule has 0 radical (unpaired) electrons. The summed E-state index contributed by atoms with van der Waals surface area (Å²) in [4.78, 5) is 25.1. The normalized spacial score (nSPS) is 11.4. The standard InChI is InChI=1S/C19H19Cl2FN4O2/c1-4-5-8-28-13-6-7-23-14(10(2)3)15(13)26-18-11(16(20)25-19(26)27)9-12(22)17(21)24-18/h6-7,9-10H,4-5,8H2,1-3H3. The van der Waals surface area contributed by atoms with Crippen molar-refractivity contribution in [1.29, 1.82) is 0 Å². The lowest BCUT2D eigenvalue weighted by atomic mass is 10.1. The number of hydrogen-bond donors (Lipinski definition) is 0. The van der Waals surface area contributed by atoms with Gasteiger partial charge in [-0.2, -0.15) is 4.98 Å². The fourth-order valence-corrected chi connectivity index (χ4v) is 3.15. The lowest BCUT2D eigenvalue weighted by Gasteiger charge is -2.19. The maximum Gasteiger partial charge on any atom is 0.355 e. The van der Waals surface area contributed by atoms with Crippen molar-refractivity contribution in [2.75, 3.05) is 6.61 Å². The summed E-state index contributed by atoms with van der Waals surface area (Å²) < 4.78 is 21.1. The highest BCUT2D eigenvalue weighted by Crippen LogP contribution is 2.32. The molecule has 0 saturated heterocycles. The van der Waals surface area contributed by atoms with Crippen LogP contribution in [0.15, 0.2) is 23.1 Å². The third-order valence-corrected chi connectivity index (χ3v) is 4.73. The van der Waals surface area contributed by atoms with Gasteiger partial charge in [-0.15, -0.1) is 0 Å². The van der Waals surface area contributed by atoms with Crippen molar-refractivity contribution in [1.82, 2.24) is 19.5 Å². The van der Waals surface area contributed by atoms with Crippen molar-refractivity contribution in [2.45, 2.75) is 39.5 Å². The Balaban J connectivity index is 2.38. The Morgan fingerprint density at radius 2 is 2.00 bits per heavy atom. The fourth-order valence-electron chi connectivity index (χ4n) is 2.81. The second-order valence-corrected chi connectivity index (χ2v) is 7.27. The van der Waals surface area contributed by atoms with Crippen LogP contribution in [0.5, 0.6) is 5.75 Å². The third kappa shape index (κ3) is 3.82. The molecular formula is C19H19Cl2FN4O2. The zero-order valence-electron chi connectivity index (χ0n) is 15.7. The summed E-state index contributed by atoms with van der Waals surface area (Å²) in [5.74, 6) is -0.321. The first-order valence-corrected chi connectivity index (χ1v) is 9.67. The molecule has 0 fully saturated rings. The van der Waals surface area contributed by atoms with Crippen molar-refractivity contribution < 1.29 is 9.13 Å². The molecule has 0 bridgehead atoms. The summed E-state index contributed by atoms with van der Waals surface area (Å²) in [5, 5.41) is -0.352. The number of ether oxygens (including phenoxy) is 1. The Kier molecular flexibility index (Phi) is 6.15. The summed E-state index contributed by atoms with van der Waals surface area (Å²) in [7, 11) is 0. The van der Waals surface area contributed by atoms with E-state index in [1.165, 1.54) is 4.57 Å². The van der Waals surface area contributed by atoms with Crippen LogP contribution in [0.1, 0.15) is 45.2 Å². The van der Waals surface area contributed by atoms with E-state index in [1.54, 1.807) is 12.3 Å². The minimum atomic E-state index is -0.752. The highest BCUT2D eigenvalue weighted by Gasteiger charge is 2.22. The maximum atomic E-state index is 14.0. The van der Waals surface area contributed by atoms with Crippen molar-refractivity contribution in [3.05, 3.63) is 50.6 Å². The van der Waals surface area contributed by atoms with Crippen LogP contribution >= 0.6 is 23.2 Å². The monoisotopic (exact) mass is 424 g/mol. The fraction of sp³-hybridized carbons (Fsp3) is 0.368. The lowest BCUT2D eigenvalue weighted by Crippen LogP contribution is -2.25. The van der Waals surface area contributed by atoms with Gasteiger partial charge in [0.1, 0.15) is 16.6 Å². The minimum Gasteiger partial charge on any atom is -0.491 e. The highest BCUT2D eigenvalue weighted by molar-refractivity contribution is 6.34. The molecule has 0 spiro atoms. The molecule has 3 rings (SSSR count). The molecule has 6 nitrogen and oxygen atoms in total. The van der Waals surface area contributed by atoms with Crippen LogP contribution in [0.4, 0.5) is 4.39 Å². The third-order valence-electron chi connectivity index (χ3n) is 4.17. The molecule has 3 aromatic rings. The maximum absolute atomic E-state index is 14.0. The van der Waals surface area contributed by atoms with Crippen LogP contribution in [0.3, 0.4) is 0 Å². The van der Waals surface area contributed by atoms with Crippen LogP contribution in [0, 0.1) is 5.82 Å². The number of aromatic nitrogens is 4. The quantitative estimate of drug-likeness (QED) is 0.318. The van der Waals surface area contributed by atoms with Gasteiger partial charge in [-0.3, -0.25) is 4.98 Å². The molecule has 148 valence electrons. The summed E-state index contributed by atoms with van der Waals surface area (Å²) in [6.45, 7) is 6.41. The molecule has 28 heavy (non-hydrogen) atoms. The van der Waals surface area contributed by atoms with Gasteiger partial charge in [-0.1, -0.05) is 50.4 Å². The van der Waals surface area contributed by atoms with Gasteiger partial charge in [0.15, 0.2) is 16.6 Å². The summed E-state index contributed by atoms with van der Waals surface area (Å²) in [6, 6.07) is 2.79. The number of hydrogen-bond acceptors (Lipinski definition) is 5. The smallest absolute Gasteiger partial charge is 0.355 e. The topological polar surface area (TPSA) is 69.9 Å². The van der Waals surface area contributed by atoms with Gasteiger partial charge in [0, 0.05) is 12.3 Å². The molecule has 0 saturated carbocycles. The first-order chi connectivity index (χ1) is 13.3. The van der Waals surface area contributed by atoms with E-state index in [1.807, 2.05) is 13.8 Å². The van der Waals surface area contributed by atoms with E-state index in [0.29, 0.717) is 23.7 Å². The van der Waals surface area contributed by atoms with Crippen molar-refractivity contribution >= 4 is 34.2 Å². The molecule has 0 atom stereocenters. The molecule has 3 heterocycles. The van der Waals surface area contributed by atoms with E-state index in [2.05, 4.69) is 21.9 Å². The number of rotatable bonds is 6. The van der Waals surface area contributed by atoms with Crippen LogP contribution < -0.4 is 10.4 Å². The Morgan fingerprint density at radius 3 is 2.68 bits per heavy atom. The Morgan fingerprint density at radius 1 is 1.25 bits per heavy atom. The second-order valence-electron chi connectivity index (χ2n) is 6.55. The number of halogens is 3. The molecule has 0 aliphatic heterocycles. The molecule has 0 N–H and O–H groups in total. The number of pyridine rings is 2. The minimum absolute atomic E-state index is 0.0294. The highest BCUT2D eigenvalue weighted by atomic mass is 35.5. The predicted molar refractivity (Wildman–Crippen MR) is 107 cm³/mol. The van der Waals surface area contributed by atoms with Gasteiger partial charge in [0.2, 0.25) is 0 Å². The Bertz CT molecular complexity index is 1090. The second kappa shape index (κ2) is 8.41. The number of nitrogens with zero attached hydrogens (tertiary/aromatic N) is 4. The van der Waals surface area contributed by atoms with Crippen molar-refractivity contribution in [3.63, 3.8) is 0 Å². The molecular weight excluding hydrogens is 406 g/mol. The summed E-state index contributed by atoms with van der Waals surface area (Å²) in [5.41, 5.74) is 0.432. The van der Waals surface area contributed by atoms with Crippen molar-refractivity contribution in [3.8, 4) is 11.4 Å². The molecule has 0 aromatic carbocycles. The zero-order valence-corrected chi connectivity index (χ0v) is 17.2. The van der Waals surface area contributed by atoms with E-state index in [4.69, 9.17) is 27.9 Å². The van der Waals surface area contributed by atoms with Gasteiger partial charge < -0.3 is 4.74 Å². The van der Waals surface area contributed by atoms with Crippen molar-refractivity contribution in [2.24, 2.45) is 0 Å². The van der Waals surface area contributed by atoms with E-state index in [0.717, 1.165) is 18.9 Å². The molecule has 0 aliphatic rings. The molecule has 0 amide bonds. The van der Waals surface area contributed by atoms with E-state index in [-0.39, 0.29) is 27.3 Å². The van der Waals surface area contributed by atoms with Crippen LogP contribution in [-0.4, -0.2) is 26.1 Å². The number of fused-ring (bicyclic) bond motifs is 1. The lowest BCUT2D eigenvalue weighted by molar-refractivity contribution is 0.307. The van der Waals surface area contributed by atoms with E-state index < -0.39 is 11.5 Å². The zero-order chi connectivity index (χ0) is 20.4. The largest absolute Gasteiger partial charge is 0.491 e. The van der Waals surface area contributed by atoms with Gasteiger partial charge in [0.25, 0.3) is 0 Å². The summed E-state index contributed by atoms with van der Waals surface area (Å²) in [6.07, 6.45) is 3.43. The molecule has 0 aliphatic carbocycles. The van der Waals surface area contributed by atoms with Crippen LogP contribution in [0.25, 0.3) is 16.7 Å². The van der Waals surface area contributed by atoms with Gasteiger partial charge in [-0.25, -0.2) is 18.7 Å². The average Bonchev–Trinajstić information content (AvgIpc) is 2.64. The molecule has 9 heteroatoms. The Labute approximate surface area is 171 Å². The number of unbranched alkanes of at least 4 members (excludes halogenated alkanes) is 1. The molecule has 3 aromatic heterocycles.